The number of rotatable bonds is 6. The van der Waals surface area contributed by atoms with E-state index in [2.05, 4.69) is 9.97 Å². The molecule has 0 amide bonds. The first-order valence-electron chi connectivity index (χ1n) is 9.23. The molecule has 0 aliphatic carbocycles. The molecule has 3 heterocycles. The second-order valence-electron chi connectivity index (χ2n) is 6.64. The van der Waals surface area contributed by atoms with Gasteiger partial charge in [-0.3, -0.25) is 23.7 Å². The first-order chi connectivity index (χ1) is 14.6. The second-order valence-corrected chi connectivity index (χ2v) is 6.64. The maximum absolute atomic E-state index is 13.2. The van der Waals surface area contributed by atoms with Gasteiger partial charge in [-0.2, -0.15) is 0 Å². The molecular weight excluding hydrogens is 384 g/mol. The summed E-state index contributed by atoms with van der Waals surface area (Å²) in [7, 11) is 1.54. The van der Waals surface area contributed by atoms with E-state index < -0.39 is 11.2 Å². The van der Waals surface area contributed by atoms with Crippen molar-refractivity contribution in [3.8, 4) is 5.75 Å². The number of ketones is 1. The van der Waals surface area contributed by atoms with Crippen molar-refractivity contribution in [2.45, 2.75) is 13.1 Å². The monoisotopic (exact) mass is 402 g/mol. The van der Waals surface area contributed by atoms with Gasteiger partial charge in [0.1, 0.15) is 5.75 Å². The van der Waals surface area contributed by atoms with Crippen LogP contribution in [-0.2, 0) is 13.1 Å². The highest BCUT2D eigenvalue weighted by molar-refractivity contribution is 5.96. The number of hydrogen-bond acceptors (Lipinski definition) is 6. The highest BCUT2D eigenvalue weighted by Gasteiger charge is 2.17. The Kier molecular flexibility index (Phi) is 5.21. The molecule has 0 saturated heterocycles. The zero-order valence-corrected chi connectivity index (χ0v) is 16.2. The lowest BCUT2D eigenvalue weighted by Gasteiger charge is -2.13. The molecule has 0 fully saturated rings. The molecule has 0 N–H and O–H groups in total. The first-order valence-corrected chi connectivity index (χ1v) is 9.23. The molecular formula is C22H18N4O4. The van der Waals surface area contributed by atoms with E-state index in [9.17, 15) is 14.4 Å². The van der Waals surface area contributed by atoms with E-state index in [-0.39, 0.29) is 24.4 Å². The van der Waals surface area contributed by atoms with E-state index >= 15 is 0 Å². The first kappa shape index (κ1) is 19.3. The fourth-order valence-electron chi connectivity index (χ4n) is 3.22. The van der Waals surface area contributed by atoms with Crippen molar-refractivity contribution in [3.05, 3.63) is 99.1 Å². The summed E-state index contributed by atoms with van der Waals surface area (Å²) in [5.41, 5.74) is 0.490. The topological polar surface area (TPSA) is 96.1 Å². The number of aromatic nitrogens is 4. The summed E-state index contributed by atoms with van der Waals surface area (Å²) in [5, 5.41) is 0. The minimum atomic E-state index is -0.578. The molecule has 0 aliphatic heterocycles. The van der Waals surface area contributed by atoms with Crippen LogP contribution in [0.15, 0.2) is 76.7 Å². The second kappa shape index (κ2) is 8.12. The van der Waals surface area contributed by atoms with Crippen molar-refractivity contribution >= 4 is 16.8 Å². The van der Waals surface area contributed by atoms with E-state index in [0.29, 0.717) is 22.4 Å². The Bertz CT molecular complexity index is 1330. The highest BCUT2D eigenvalue weighted by atomic mass is 16.5. The number of methoxy groups -OCH3 is 1. The summed E-state index contributed by atoms with van der Waals surface area (Å²) in [6.07, 6.45) is 4.68. The van der Waals surface area contributed by atoms with E-state index in [4.69, 9.17) is 4.74 Å². The number of fused-ring (bicyclic) bond motifs is 1. The molecule has 150 valence electrons. The van der Waals surface area contributed by atoms with Gasteiger partial charge in [-0.25, -0.2) is 9.78 Å². The Labute approximate surface area is 171 Å². The molecule has 0 unspecified atom stereocenters. The molecule has 0 aliphatic rings. The minimum absolute atomic E-state index is 0.0365. The van der Waals surface area contributed by atoms with Gasteiger partial charge in [0.15, 0.2) is 11.3 Å². The van der Waals surface area contributed by atoms with Gasteiger partial charge in [0.05, 0.1) is 25.7 Å². The molecule has 0 saturated carbocycles. The zero-order chi connectivity index (χ0) is 21.1. The lowest BCUT2D eigenvalue weighted by molar-refractivity contribution is 0.0971. The number of carbonyl (C=O) groups is 1. The van der Waals surface area contributed by atoms with Crippen LogP contribution in [0.3, 0.4) is 0 Å². The third-order valence-corrected chi connectivity index (χ3v) is 4.76. The summed E-state index contributed by atoms with van der Waals surface area (Å²) < 4.78 is 7.47. The molecule has 4 aromatic rings. The summed E-state index contributed by atoms with van der Waals surface area (Å²) in [6, 6.07) is 13.4. The van der Waals surface area contributed by atoms with Crippen molar-refractivity contribution < 1.29 is 9.53 Å². The van der Waals surface area contributed by atoms with Crippen molar-refractivity contribution in [1.29, 1.82) is 0 Å². The standard InChI is InChI=1S/C22H18N4O4/c1-30-17-8-6-16(7-9-17)19(27)14-25-18-5-3-11-24-20(18)21(28)26(22(25)29)13-15-4-2-10-23-12-15/h2-12H,13-14H2,1H3. The summed E-state index contributed by atoms with van der Waals surface area (Å²) >= 11 is 0. The average molecular weight is 402 g/mol. The van der Waals surface area contributed by atoms with Crippen molar-refractivity contribution in [1.82, 2.24) is 19.1 Å². The van der Waals surface area contributed by atoms with Gasteiger partial charge in [0.2, 0.25) is 0 Å². The molecule has 1 aromatic carbocycles. The van der Waals surface area contributed by atoms with Gasteiger partial charge in [-0.1, -0.05) is 6.07 Å². The third kappa shape index (κ3) is 3.62. The predicted molar refractivity (Wildman–Crippen MR) is 111 cm³/mol. The van der Waals surface area contributed by atoms with Crippen LogP contribution in [0.5, 0.6) is 5.75 Å². The minimum Gasteiger partial charge on any atom is -0.497 e. The van der Waals surface area contributed by atoms with Gasteiger partial charge in [-0.15, -0.1) is 0 Å². The summed E-state index contributed by atoms with van der Waals surface area (Å²) in [5.74, 6) is 0.361. The van der Waals surface area contributed by atoms with Crippen LogP contribution in [-0.4, -0.2) is 32.0 Å². The van der Waals surface area contributed by atoms with Crippen LogP contribution in [0.2, 0.25) is 0 Å². The molecule has 0 atom stereocenters. The number of Topliss-reactive ketones (excluding diaryl/α,β-unsaturated/α-hetero) is 1. The van der Waals surface area contributed by atoms with Crippen LogP contribution in [0.4, 0.5) is 0 Å². The third-order valence-electron chi connectivity index (χ3n) is 4.76. The number of ether oxygens (including phenoxy) is 1. The SMILES string of the molecule is COc1ccc(C(=O)Cn2c(=O)n(Cc3cccnc3)c(=O)c3ncccc32)cc1. The molecule has 3 aromatic heterocycles. The Morgan fingerprint density at radius 3 is 2.47 bits per heavy atom. The van der Waals surface area contributed by atoms with Crippen molar-refractivity contribution in [3.63, 3.8) is 0 Å². The number of hydrogen-bond donors (Lipinski definition) is 0. The lowest BCUT2D eigenvalue weighted by atomic mass is 10.1. The van der Waals surface area contributed by atoms with Crippen molar-refractivity contribution in [2.24, 2.45) is 0 Å². The zero-order valence-electron chi connectivity index (χ0n) is 16.2. The van der Waals surface area contributed by atoms with Gasteiger partial charge in [0, 0.05) is 24.2 Å². The number of carbonyl (C=O) groups excluding carboxylic acids is 1. The number of pyridine rings is 2. The maximum atomic E-state index is 13.2. The Morgan fingerprint density at radius 1 is 1.00 bits per heavy atom. The van der Waals surface area contributed by atoms with Crippen LogP contribution in [0.25, 0.3) is 11.0 Å². The van der Waals surface area contributed by atoms with Crippen LogP contribution in [0.1, 0.15) is 15.9 Å². The van der Waals surface area contributed by atoms with Gasteiger partial charge < -0.3 is 4.74 Å². The maximum Gasteiger partial charge on any atom is 0.332 e. The Hall–Kier alpha value is -4.07. The molecule has 0 spiro atoms. The lowest BCUT2D eigenvalue weighted by Crippen LogP contribution is -2.41. The molecule has 30 heavy (non-hydrogen) atoms. The van der Waals surface area contributed by atoms with E-state index in [0.717, 1.165) is 4.57 Å². The summed E-state index contributed by atoms with van der Waals surface area (Å²) in [6.45, 7) is -0.185. The van der Waals surface area contributed by atoms with E-state index in [1.807, 2.05) is 0 Å². The normalized spacial score (nSPS) is 10.8. The fourth-order valence-corrected chi connectivity index (χ4v) is 3.22. The predicted octanol–water partition coefficient (Wildman–Crippen LogP) is 1.89. The van der Waals surface area contributed by atoms with E-state index in [1.165, 1.54) is 10.8 Å². The molecule has 0 radical (unpaired) electrons. The molecule has 0 bridgehead atoms. The summed E-state index contributed by atoms with van der Waals surface area (Å²) in [4.78, 5) is 47.1. The Morgan fingerprint density at radius 2 is 1.77 bits per heavy atom. The number of nitrogens with zero attached hydrogens (tertiary/aromatic N) is 4. The molecule has 8 heteroatoms. The van der Waals surface area contributed by atoms with Gasteiger partial charge in [0.25, 0.3) is 5.56 Å². The molecule has 4 rings (SSSR count). The van der Waals surface area contributed by atoms with Crippen molar-refractivity contribution in [2.75, 3.05) is 7.11 Å². The highest BCUT2D eigenvalue weighted by Crippen LogP contribution is 2.13. The average Bonchev–Trinajstić information content (AvgIpc) is 2.80. The van der Waals surface area contributed by atoms with Gasteiger partial charge in [-0.05, 0) is 48.0 Å². The fraction of sp³-hybridized carbons (Fsp3) is 0.136. The quantitative estimate of drug-likeness (QED) is 0.457. The Balaban J connectivity index is 1.81. The van der Waals surface area contributed by atoms with E-state index in [1.54, 1.807) is 68.0 Å². The van der Waals surface area contributed by atoms with Crippen LogP contribution in [0, 0.1) is 0 Å². The smallest absolute Gasteiger partial charge is 0.332 e. The largest absolute Gasteiger partial charge is 0.497 e. The van der Waals surface area contributed by atoms with Crippen LogP contribution >= 0.6 is 0 Å². The number of benzene rings is 1. The molecule has 8 nitrogen and oxygen atoms in total. The van der Waals surface area contributed by atoms with Gasteiger partial charge >= 0.3 is 5.69 Å². The van der Waals surface area contributed by atoms with Crippen LogP contribution < -0.4 is 16.0 Å².